The molecule has 10 heteroatoms. The minimum atomic E-state index is -4.62. The molecule has 0 spiro atoms. The van der Waals surface area contributed by atoms with Crippen LogP contribution in [0.1, 0.15) is 21.9 Å². The van der Waals surface area contributed by atoms with E-state index in [1.54, 1.807) is 24.3 Å². The van der Waals surface area contributed by atoms with E-state index >= 15 is 0 Å². The van der Waals surface area contributed by atoms with Crippen molar-refractivity contribution in [1.82, 2.24) is 5.32 Å². The molecular formula is C21H16ClF3N2O4. The first-order chi connectivity index (χ1) is 14.7. The number of alkyl halides is 3. The summed E-state index contributed by atoms with van der Waals surface area (Å²) in [5.41, 5.74) is -1.38. The van der Waals surface area contributed by atoms with Crippen molar-refractivity contribution in [3.63, 3.8) is 0 Å². The van der Waals surface area contributed by atoms with Crippen molar-refractivity contribution >= 4 is 29.1 Å². The van der Waals surface area contributed by atoms with E-state index in [1.165, 1.54) is 24.3 Å². The van der Waals surface area contributed by atoms with Gasteiger partial charge in [-0.25, -0.2) is 0 Å². The van der Waals surface area contributed by atoms with Gasteiger partial charge in [0, 0.05) is 5.02 Å². The number of halogens is 4. The number of ether oxygens (including phenoxy) is 1. The molecule has 2 aromatic carbocycles. The Hall–Kier alpha value is -3.46. The predicted octanol–water partition coefficient (Wildman–Crippen LogP) is 4.90. The maximum absolute atomic E-state index is 13.0. The van der Waals surface area contributed by atoms with E-state index in [-0.39, 0.29) is 12.4 Å². The van der Waals surface area contributed by atoms with Crippen LogP contribution in [0.15, 0.2) is 65.1 Å². The molecular weight excluding hydrogens is 437 g/mol. The van der Waals surface area contributed by atoms with E-state index < -0.39 is 35.8 Å². The van der Waals surface area contributed by atoms with E-state index in [0.29, 0.717) is 16.5 Å². The minimum Gasteiger partial charge on any atom is -0.486 e. The van der Waals surface area contributed by atoms with Crippen molar-refractivity contribution in [2.45, 2.75) is 12.8 Å². The molecule has 2 N–H and O–H groups in total. The number of carbonyl (C=O) groups excluding carboxylic acids is 2. The lowest BCUT2D eigenvalue weighted by atomic mass is 10.1. The van der Waals surface area contributed by atoms with Gasteiger partial charge in [0.05, 0.1) is 17.8 Å². The van der Waals surface area contributed by atoms with Gasteiger partial charge in [0.1, 0.15) is 18.1 Å². The molecule has 1 aromatic heterocycles. The lowest BCUT2D eigenvalue weighted by molar-refractivity contribution is -0.137. The Labute approximate surface area is 180 Å². The fourth-order valence-electron chi connectivity index (χ4n) is 2.54. The molecule has 0 fully saturated rings. The smallest absolute Gasteiger partial charge is 0.418 e. The number of hydrogen-bond donors (Lipinski definition) is 2. The van der Waals surface area contributed by atoms with Crippen LogP contribution in [-0.4, -0.2) is 18.4 Å². The van der Waals surface area contributed by atoms with Crippen LogP contribution in [0.4, 0.5) is 18.9 Å². The van der Waals surface area contributed by atoms with Crippen LogP contribution < -0.4 is 15.4 Å². The highest BCUT2D eigenvalue weighted by molar-refractivity contribution is 6.30. The molecule has 0 aliphatic rings. The monoisotopic (exact) mass is 452 g/mol. The molecule has 0 saturated heterocycles. The second-order valence-corrected chi connectivity index (χ2v) is 6.72. The average Bonchev–Trinajstić information content (AvgIpc) is 3.20. The first-order valence-electron chi connectivity index (χ1n) is 8.94. The third-order valence-electron chi connectivity index (χ3n) is 4.00. The fourth-order valence-corrected chi connectivity index (χ4v) is 2.67. The maximum Gasteiger partial charge on any atom is 0.418 e. The molecule has 0 saturated carbocycles. The predicted molar refractivity (Wildman–Crippen MR) is 107 cm³/mol. The van der Waals surface area contributed by atoms with Gasteiger partial charge in [-0.05, 0) is 48.5 Å². The molecule has 0 aliphatic heterocycles. The number of furan rings is 1. The molecule has 0 bridgehead atoms. The summed E-state index contributed by atoms with van der Waals surface area (Å²) in [6.07, 6.45) is -4.62. The van der Waals surface area contributed by atoms with Gasteiger partial charge < -0.3 is 19.8 Å². The second-order valence-electron chi connectivity index (χ2n) is 6.28. The summed E-state index contributed by atoms with van der Waals surface area (Å²) >= 11 is 5.79. The van der Waals surface area contributed by atoms with E-state index in [4.69, 9.17) is 20.8 Å². The molecule has 2 amide bonds. The Morgan fingerprint density at radius 3 is 2.42 bits per heavy atom. The normalized spacial score (nSPS) is 11.1. The van der Waals surface area contributed by atoms with Crippen molar-refractivity contribution < 1.29 is 31.9 Å². The van der Waals surface area contributed by atoms with Gasteiger partial charge in [0.25, 0.3) is 5.91 Å². The van der Waals surface area contributed by atoms with E-state index in [9.17, 15) is 22.8 Å². The summed E-state index contributed by atoms with van der Waals surface area (Å²) in [5, 5.41) is 4.99. The van der Waals surface area contributed by atoms with Gasteiger partial charge in [-0.2, -0.15) is 13.2 Å². The largest absolute Gasteiger partial charge is 0.486 e. The summed E-state index contributed by atoms with van der Waals surface area (Å²) in [4.78, 5) is 24.1. The van der Waals surface area contributed by atoms with Gasteiger partial charge >= 0.3 is 6.18 Å². The van der Waals surface area contributed by atoms with Crippen LogP contribution in [0.25, 0.3) is 0 Å². The number of para-hydroxylation sites is 1. The van der Waals surface area contributed by atoms with E-state index in [1.807, 2.05) is 0 Å². The molecule has 0 unspecified atom stereocenters. The van der Waals surface area contributed by atoms with Crippen molar-refractivity contribution in [3.8, 4) is 5.75 Å². The Morgan fingerprint density at radius 2 is 1.71 bits per heavy atom. The van der Waals surface area contributed by atoms with Crippen LogP contribution in [0.2, 0.25) is 5.02 Å². The third kappa shape index (κ3) is 6.26. The molecule has 1 heterocycles. The zero-order chi connectivity index (χ0) is 22.4. The maximum atomic E-state index is 13.0. The zero-order valence-corrected chi connectivity index (χ0v) is 16.6. The quantitative estimate of drug-likeness (QED) is 0.534. The lowest BCUT2D eigenvalue weighted by Crippen LogP contribution is -2.33. The van der Waals surface area contributed by atoms with E-state index in [0.717, 1.165) is 12.1 Å². The molecule has 3 rings (SSSR count). The summed E-state index contributed by atoms with van der Waals surface area (Å²) in [6.45, 7) is -0.480. The van der Waals surface area contributed by atoms with Crippen LogP contribution in [-0.2, 0) is 17.6 Å². The summed E-state index contributed by atoms with van der Waals surface area (Å²) in [7, 11) is 0. The highest BCUT2D eigenvalue weighted by Gasteiger charge is 2.33. The molecule has 6 nitrogen and oxygen atoms in total. The molecule has 0 radical (unpaired) electrons. The van der Waals surface area contributed by atoms with Crippen molar-refractivity contribution in [2.24, 2.45) is 0 Å². The molecule has 0 aliphatic carbocycles. The number of amides is 2. The number of hydrogen-bond acceptors (Lipinski definition) is 4. The average molecular weight is 453 g/mol. The van der Waals surface area contributed by atoms with Gasteiger partial charge in [0.15, 0.2) is 5.76 Å². The van der Waals surface area contributed by atoms with E-state index in [2.05, 4.69) is 10.6 Å². The highest BCUT2D eigenvalue weighted by Crippen LogP contribution is 2.34. The minimum absolute atomic E-state index is 0.0592. The number of anilines is 1. The Bertz CT molecular complexity index is 1060. The van der Waals surface area contributed by atoms with Crippen molar-refractivity contribution in [2.75, 3.05) is 11.9 Å². The number of rotatable bonds is 7. The van der Waals surface area contributed by atoms with Gasteiger partial charge in [0.2, 0.25) is 5.91 Å². The SMILES string of the molecule is O=C(CNC(=O)c1ccc(COc2ccc(Cl)cc2)o1)Nc1ccccc1C(F)(F)F. The lowest BCUT2D eigenvalue weighted by Gasteiger charge is -2.13. The molecule has 162 valence electrons. The van der Waals surface area contributed by atoms with Crippen LogP contribution in [0.3, 0.4) is 0 Å². The molecule has 3 aromatic rings. The number of carbonyl (C=O) groups is 2. The van der Waals surface area contributed by atoms with Crippen LogP contribution in [0.5, 0.6) is 5.75 Å². The fraction of sp³-hybridized carbons (Fsp3) is 0.143. The van der Waals surface area contributed by atoms with Crippen molar-refractivity contribution in [1.29, 1.82) is 0 Å². The summed E-state index contributed by atoms with van der Waals surface area (Å²) in [5.74, 6) is -0.663. The van der Waals surface area contributed by atoms with Gasteiger partial charge in [-0.1, -0.05) is 23.7 Å². The second kappa shape index (κ2) is 9.57. The zero-order valence-electron chi connectivity index (χ0n) is 15.8. The number of nitrogens with one attached hydrogen (secondary N) is 2. The Morgan fingerprint density at radius 1 is 1.00 bits per heavy atom. The first kappa shape index (κ1) is 22.2. The standard InChI is InChI=1S/C21H16ClF3N2O4/c22-13-5-7-14(8-6-13)30-12-15-9-10-18(31-15)20(29)26-11-19(28)27-17-4-2-1-3-16(17)21(23,24)25/h1-10H,11-12H2,(H,26,29)(H,27,28). The topological polar surface area (TPSA) is 80.6 Å². The van der Waals surface area contributed by atoms with Crippen molar-refractivity contribution in [3.05, 3.63) is 82.8 Å². The summed E-state index contributed by atoms with van der Waals surface area (Å²) < 4.78 is 49.8. The summed E-state index contributed by atoms with van der Waals surface area (Å²) in [6, 6.07) is 14.2. The van der Waals surface area contributed by atoms with Gasteiger partial charge in [-0.3, -0.25) is 9.59 Å². The Kier molecular flexibility index (Phi) is 6.86. The number of benzene rings is 2. The van der Waals surface area contributed by atoms with Crippen LogP contribution in [0, 0.1) is 0 Å². The molecule has 0 atom stereocenters. The third-order valence-corrected chi connectivity index (χ3v) is 4.25. The highest BCUT2D eigenvalue weighted by atomic mass is 35.5. The van der Waals surface area contributed by atoms with Gasteiger partial charge in [-0.15, -0.1) is 0 Å². The van der Waals surface area contributed by atoms with Crippen LogP contribution >= 0.6 is 11.6 Å². The molecule has 31 heavy (non-hydrogen) atoms. The Balaban J connectivity index is 1.51. The first-order valence-corrected chi connectivity index (χ1v) is 9.31.